The quantitative estimate of drug-likeness (QED) is 0.927. The van der Waals surface area contributed by atoms with Gasteiger partial charge >= 0.3 is 0 Å². The van der Waals surface area contributed by atoms with Crippen LogP contribution in [0.15, 0.2) is 22.7 Å². The summed E-state index contributed by atoms with van der Waals surface area (Å²) in [4.78, 5) is 4.75. The molecule has 1 heterocycles. The maximum Gasteiger partial charge on any atom is 0.0511 e. The minimum atomic E-state index is 0.596. The van der Waals surface area contributed by atoms with Gasteiger partial charge in [-0.1, -0.05) is 6.07 Å². The molecular formula is C13H20BrN3. The first-order chi connectivity index (χ1) is 8.11. The summed E-state index contributed by atoms with van der Waals surface area (Å²) in [7, 11) is 4.31. The number of hydrogen-bond acceptors (Lipinski definition) is 3. The molecule has 1 atom stereocenters. The van der Waals surface area contributed by atoms with Crippen molar-refractivity contribution in [3.8, 4) is 0 Å². The van der Waals surface area contributed by atoms with E-state index in [0.29, 0.717) is 12.6 Å². The largest absolute Gasteiger partial charge is 0.369 e. The fraction of sp³-hybridized carbons (Fsp3) is 0.538. The molecule has 2 rings (SSSR count). The Hall–Kier alpha value is -0.580. The summed E-state index contributed by atoms with van der Waals surface area (Å²) in [6, 6.07) is 7.07. The highest BCUT2D eigenvalue weighted by molar-refractivity contribution is 9.10. The lowest BCUT2D eigenvalue weighted by Gasteiger charge is -2.23. The summed E-state index contributed by atoms with van der Waals surface area (Å²) in [5.41, 5.74) is 8.10. The molecule has 4 heteroatoms. The molecule has 0 saturated carbocycles. The summed E-state index contributed by atoms with van der Waals surface area (Å²) in [5, 5.41) is 0. The van der Waals surface area contributed by atoms with Gasteiger partial charge in [0.1, 0.15) is 0 Å². The van der Waals surface area contributed by atoms with Gasteiger partial charge in [0.05, 0.1) is 5.69 Å². The van der Waals surface area contributed by atoms with Gasteiger partial charge in [0, 0.05) is 30.1 Å². The van der Waals surface area contributed by atoms with Gasteiger partial charge in [0.25, 0.3) is 0 Å². The zero-order chi connectivity index (χ0) is 12.4. The van der Waals surface area contributed by atoms with E-state index >= 15 is 0 Å². The third-order valence-electron chi connectivity index (χ3n) is 3.48. The molecular weight excluding hydrogens is 278 g/mol. The SMILES string of the molecule is CN(C)C1CCN(c2ccc(CN)cc2Br)C1. The molecule has 2 N–H and O–H groups in total. The zero-order valence-corrected chi connectivity index (χ0v) is 12.1. The molecule has 3 nitrogen and oxygen atoms in total. The van der Waals surface area contributed by atoms with Crippen molar-refractivity contribution in [2.45, 2.75) is 19.0 Å². The predicted molar refractivity (Wildman–Crippen MR) is 76.3 cm³/mol. The molecule has 0 aromatic heterocycles. The Morgan fingerprint density at radius 1 is 1.47 bits per heavy atom. The van der Waals surface area contributed by atoms with Gasteiger partial charge in [-0.05, 0) is 54.1 Å². The number of nitrogens with two attached hydrogens (primary N) is 1. The van der Waals surface area contributed by atoms with E-state index in [-0.39, 0.29) is 0 Å². The lowest BCUT2D eigenvalue weighted by Crippen LogP contribution is -2.31. The summed E-state index contributed by atoms with van der Waals surface area (Å²) in [6.07, 6.45) is 1.23. The molecule has 17 heavy (non-hydrogen) atoms. The van der Waals surface area contributed by atoms with E-state index in [1.807, 2.05) is 0 Å². The first kappa shape index (κ1) is 12.9. The molecule has 94 valence electrons. The van der Waals surface area contributed by atoms with Crippen LogP contribution < -0.4 is 10.6 Å². The van der Waals surface area contributed by atoms with Crippen LogP contribution in [0.25, 0.3) is 0 Å². The van der Waals surface area contributed by atoms with E-state index in [2.05, 4.69) is 58.0 Å². The van der Waals surface area contributed by atoms with Crippen LogP contribution in [0.4, 0.5) is 5.69 Å². The summed E-state index contributed by atoms with van der Waals surface area (Å²) >= 11 is 3.64. The first-order valence-electron chi connectivity index (χ1n) is 6.01. The molecule has 1 saturated heterocycles. The summed E-state index contributed by atoms with van der Waals surface area (Å²) in [6.45, 7) is 2.83. The van der Waals surface area contributed by atoms with E-state index in [9.17, 15) is 0 Å². The van der Waals surface area contributed by atoms with Gasteiger partial charge in [0.2, 0.25) is 0 Å². The van der Waals surface area contributed by atoms with Crippen molar-refractivity contribution < 1.29 is 0 Å². The smallest absolute Gasteiger partial charge is 0.0511 e. The van der Waals surface area contributed by atoms with E-state index in [1.165, 1.54) is 17.7 Å². The van der Waals surface area contributed by atoms with E-state index < -0.39 is 0 Å². The molecule has 1 aliphatic rings. The third-order valence-corrected chi connectivity index (χ3v) is 4.12. The Morgan fingerprint density at radius 2 is 2.24 bits per heavy atom. The normalized spacial score (nSPS) is 20.3. The second kappa shape index (κ2) is 5.38. The van der Waals surface area contributed by atoms with Crippen LogP contribution >= 0.6 is 15.9 Å². The standard InChI is InChI=1S/C13H20BrN3/c1-16(2)11-5-6-17(9-11)13-4-3-10(8-15)7-12(13)14/h3-4,7,11H,5-6,8-9,15H2,1-2H3. The maximum absolute atomic E-state index is 5.64. The highest BCUT2D eigenvalue weighted by Crippen LogP contribution is 2.30. The molecule has 1 unspecified atom stereocenters. The topological polar surface area (TPSA) is 32.5 Å². The Balaban J connectivity index is 2.13. The second-order valence-electron chi connectivity index (χ2n) is 4.84. The van der Waals surface area contributed by atoms with Crippen LogP contribution in [0.5, 0.6) is 0 Å². The van der Waals surface area contributed by atoms with Crippen molar-refractivity contribution in [3.05, 3.63) is 28.2 Å². The highest BCUT2D eigenvalue weighted by atomic mass is 79.9. The minimum absolute atomic E-state index is 0.596. The fourth-order valence-corrected chi connectivity index (χ4v) is 2.99. The van der Waals surface area contributed by atoms with E-state index in [4.69, 9.17) is 5.73 Å². The summed E-state index contributed by atoms with van der Waals surface area (Å²) < 4.78 is 1.15. The van der Waals surface area contributed by atoms with Gasteiger partial charge in [-0.15, -0.1) is 0 Å². The number of anilines is 1. The van der Waals surface area contributed by atoms with Crippen molar-refractivity contribution in [2.24, 2.45) is 5.73 Å². The number of hydrogen-bond donors (Lipinski definition) is 1. The number of likely N-dealkylation sites (N-methyl/N-ethyl adjacent to an activating group) is 1. The van der Waals surface area contributed by atoms with Gasteiger partial charge in [0.15, 0.2) is 0 Å². The lowest BCUT2D eigenvalue weighted by molar-refractivity contribution is 0.315. The van der Waals surface area contributed by atoms with Crippen LogP contribution in [0.3, 0.4) is 0 Å². The van der Waals surface area contributed by atoms with Crippen molar-refractivity contribution in [2.75, 3.05) is 32.1 Å². The molecule has 1 aromatic rings. The van der Waals surface area contributed by atoms with Crippen LogP contribution in [-0.4, -0.2) is 38.1 Å². The molecule has 0 aliphatic carbocycles. The van der Waals surface area contributed by atoms with Gasteiger partial charge < -0.3 is 15.5 Å². The molecule has 1 aliphatic heterocycles. The van der Waals surface area contributed by atoms with E-state index in [0.717, 1.165) is 17.6 Å². The number of benzene rings is 1. The predicted octanol–water partition coefficient (Wildman–Crippen LogP) is 2.05. The summed E-state index contributed by atoms with van der Waals surface area (Å²) in [5.74, 6) is 0. The van der Waals surface area contributed by atoms with Crippen LogP contribution in [0.2, 0.25) is 0 Å². The fourth-order valence-electron chi connectivity index (χ4n) is 2.32. The Bertz CT molecular complexity index is 392. The van der Waals surface area contributed by atoms with Gasteiger partial charge in [-0.3, -0.25) is 0 Å². The maximum atomic E-state index is 5.64. The van der Waals surface area contributed by atoms with Gasteiger partial charge in [-0.2, -0.15) is 0 Å². The Labute approximate surface area is 112 Å². The van der Waals surface area contributed by atoms with Crippen molar-refractivity contribution >= 4 is 21.6 Å². The molecule has 0 amide bonds. The second-order valence-corrected chi connectivity index (χ2v) is 5.70. The average molecular weight is 298 g/mol. The zero-order valence-electron chi connectivity index (χ0n) is 10.5. The average Bonchev–Trinajstić information content (AvgIpc) is 2.78. The highest BCUT2D eigenvalue weighted by Gasteiger charge is 2.25. The van der Waals surface area contributed by atoms with Crippen LogP contribution in [0, 0.1) is 0 Å². The van der Waals surface area contributed by atoms with Crippen molar-refractivity contribution in [3.63, 3.8) is 0 Å². The lowest BCUT2D eigenvalue weighted by atomic mass is 10.2. The van der Waals surface area contributed by atoms with Crippen LogP contribution in [0.1, 0.15) is 12.0 Å². The molecule has 1 fully saturated rings. The third kappa shape index (κ3) is 2.81. The Morgan fingerprint density at radius 3 is 2.76 bits per heavy atom. The monoisotopic (exact) mass is 297 g/mol. The number of halogens is 1. The minimum Gasteiger partial charge on any atom is -0.369 e. The molecule has 0 bridgehead atoms. The van der Waals surface area contributed by atoms with Gasteiger partial charge in [-0.25, -0.2) is 0 Å². The Kier molecular flexibility index (Phi) is 4.07. The van der Waals surface area contributed by atoms with E-state index in [1.54, 1.807) is 0 Å². The van der Waals surface area contributed by atoms with Crippen LogP contribution in [-0.2, 0) is 6.54 Å². The van der Waals surface area contributed by atoms with Crippen molar-refractivity contribution in [1.82, 2.24) is 4.90 Å². The number of nitrogens with zero attached hydrogens (tertiary/aromatic N) is 2. The van der Waals surface area contributed by atoms with Crippen molar-refractivity contribution in [1.29, 1.82) is 0 Å². The number of rotatable bonds is 3. The molecule has 1 aromatic carbocycles. The molecule has 0 radical (unpaired) electrons. The molecule has 0 spiro atoms. The first-order valence-corrected chi connectivity index (χ1v) is 6.81.